The van der Waals surface area contributed by atoms with Gasteiger partial charge in [0, 0.05) is 44.8 Å². The van der Waals surface area contributed by atoms with E-state index < -0.39 is 0 Å². The van der Waals surface area contributed by atoms with Gasteiger partial charge in [-0.25, -0.2) is 0 Å². The van der Waals surface area contributed by atoms with E-state index in [9.17, 15) is 4.79 Å². The van der Waals surface area contributed by atoms with Gasteiger partial charge in [0.25, 0.3) is 0 Å². The van der Waals surface area contributed by atoms with Crippen LogP contribution in [0.2, 0.25) is 0 Å². The molecule has 1 aromatic heterocycles. The van der Waals surface area contributed by atoms with Gasteiger partial charge in [0.05, 0.1) is 5.69 Å². The zero-order valence-electron chi connectivity index (χ0n) is 14.3. The van der Waals surface area contributed by atoms with E-state index in [4.69, 9.17) is 4.52 Å². The molecule has 0 spiro atoms. The number of hydrogen-bond donors (Lipinski definition) is 1. The first-order chi connectivity index (χ1) is 12.3. The number of carbonyl (C=O) groups excluding carboxylic acids is 1. The molecule has 2 heterocycles. The number of rotatable bonds is 6. The smallest absolute Gasteiger partial charge is 0.242 e. The Bertz CT molecular complexity index is 677. The van der Waals surface area contributed by atoms with Crippen LogP contribution >= 0.6 is 0 Å². The number of nitrogens with zero attached hydrogens (tertiary/aromatic N) is 3. The lowest BCUT2D eigenvalue weighted by atomic mass is 10.0. The third-order valence-corrected chi connectivity index (χ3v) is 4.94. The lowest BCUT2D eigenvalue weighted by Crippen LogP contribution is -2.51. The second-order valence-electron chi connectivity index (χ2n) is 6.90. The van der Waals surface area contributed by atoms with Gasteiger partial charge in [0.2, 0.25) is 5.91 Å². The quantitative estimate of drug-likeness (QED) is 0.869. The summed E-state index contributed by atoms with van der Waals surface area (Å²) in [5.41, 5.74) is 2.03. The van der Waals surface area contributed by atoms with Gasteiger partial charge in [-0.3, -0.25) is 14.6 Å². The Kier molecular flexibility index (Phi) is 4.81. The van der Waals surface area contributed by atoms with Crippen molar-refractivity contribution in [2.45, 2.75) is 31.5 Å². The first-order valence-corrected chi connectivity index (χ1v) is 9.00. The highest BCUT2D eigenvalue weighted by Crippen LogP contribution is 2.26. The number of hydrogen-bond acceptors (Lipinski definition) is 5. The molecule has 6 nitrogen and oxygen atoms in total. The molecule has 1 amide bonds. The summed E-state index contributed by atoms with van der Waals surface area (Å²) in [6, 6.07) is 12.2. The molecule has 1 saturated heterocycles. The number of carbonyl (C=O) groups is 1. The van der Waals surface area contributed by atoms with Crippen molar-refractivity contribution in [1.29, 1.82) is 0 Å². The van der Waals surface area contributed by atoms with E-state index in [0.717, 1.165) is 56.8 Å². The van der Waals surface area contributed by atoms with Crippen molar-refractivity contribution in [2.24, 2.45) is 0 Å². The van der Waals surface area contributed by atoms with E-state index in [1.807, 2.05) is 24.3 Å². The van der Waals surface area contributed by atoms with Gasteiger partial charge in [0.15, 0.2) is 0 Å². The number of aromatic nitrogens is 1. The average molecular weight is 340 g/mol. The van der Waals surface area contributed by atoms with Gasteiger partial charge in [-0.1, -0.05) is 35.5 Å². The van der Waals surface area contributed by atoms with E-state index in [-0.39, 0.29) is 11.9 Å². The Balaban J connectivity index is 1.42. The summed E-state index contributed by atoms with van der Waals surface area (Å²) in [5.74, 6) is 0.138. The molecule has 1 unspecified atom stereocenters. The highest BCUT2D eigenvalue weighted by Gasteiger charge is 2.33. The average Bonchev–Trinajstić information content (AvgIpc) is 3.30. The molecule has 0 bridgehead atoms. The summed E-state index contributed by atoms with van der Waals surface area (Å²) < 4.78 is 4.91. The minimum atomic E-state index is -0.198. The SMILES string of the molecule is O=C(NC1CC1)C(c1ccccc1)N1CCN(Cc2ccon2)CC1. The van der Waals surface area contributed by atoms with Crippen LogP contribution < -0.4 is 5.32 Å². The summed E-state index contributed by atoms with van der Waals surface area (Å²) in [6.07, 6.45) is 3.83. The van der Waals surface area contributed by atoms with Crippen LogP contribution in [0.5, 0.6) is 0 Å². The predicted molar refractivity (Wildman–Crippen MR) is 93.7 cm³/mol. The second-order valence-corrected chi connectivity index (χ2v) is 6.90. The fourth-order valence-corrected chi connectivity index (χ4v) is 3.40. The molecule has 1 N–H and O–H groups in total. The Labute approximate surface area is 147 Å². The molecule has 2 fully saturated rings. The van der Waals surface area contributed by atoms with Gasteiger partial charge in [-0.05, 0) is 18.4 Å². The molecule has 1 saturated carbocycles. The summed E-state index contributed by atoms with van der Waals surface area (Å²) in [6.45, 7) is 4.39. The minimum Gasteiger partial charge on any atom is -0.364 e. The van der Waals surface area contributed by atoms with E-state index in [1.54, 1.807) is 6.26 Å². The van der Waals surface area contributed by atoms with Crippen LogP contribution in [0.1, 0.15) is 30.1 Å². The van der Waals surface area contributed by atoms with Crippen LogP contribution in [0.25, 0.3) is 0 Å². The van der Waals surface area contributed by atoms with Gasteiger partial charge >= 0.3 is 0 Å². The second kappa shape index (κ2) is 7.37. The van der Waals surface area contributed by atoms with E-state index in [1.165, 1.54) is 0 Å². The molecular formula is C19H24N4O2. The molecule has 1 aliphatic heterocycles. The van der Waals surface area contributed by atoms with Gasteiger partial charge < -0.3 is 9.84 Å². The summed E-state index contributed by atoms with van der Waals surface area (Å²) in [5, 5.41) is 7.17. The summed E-state index contributed by atoms with van der Waals surface area (Å²) in [4.78, 5) is 17.5. The fourth-order valence-electron chi connectivity index (χ4n) is 3.40. The van der Waals surface area contributed by atoms with Crippen LogP contribution in [0.15, 0.2) is 47.2 Å². The first-order valence-electron chi connectivity index (χ1n) is 9.00. The molecular weight excluding hydrogens is 316 g/mol. The molecule has 0 radical (unpaired) electrons. The lowest BCUT2D eigenvalue weighted by Gasteiger charge is -2.38. The maximum atomic E-state index is 12.8. The van der Waals surface area contributed by atoms with Gasteiger partial charge in [-0.15, -0.1) is 0 Å². The fraction of sp³-hybridized carbons (Fsp3) is 0.474. The normalized spacial score (nSPS) is 20.3. The first kappa shape index (κ1) is 16.3. The Morgan fingerprint density at radius 1 is 1.16 bits per heavy atom. The monoisotopic (exact) mass is 340 g/mol. The number of piperazine rings is 1. The van der Waals surface area contributed by atoms with Gasteiger partial charge in [-0.2, -0.15) is 0 Å². The van der Waals surface area contributed by atoms with Crippen molar-refractivity contribution in [1.82, 2.24) is 20.3 Å². The number of nitrogens with one attached hydrogen (secondary N) is 1. The predicted octanol–water partition coefficient (Wildman–Crippen LogP) is 1.81. The van der Waals surface area contributed by atoms with Crippen molar-refractivity contribution in [2.75, 3.05) is 26.2 Å². The minimum absolute atomic E-state index is 0.138. The van der Waals surface area contributed by atoms with Crippen LogP contribution in [-0.4, -0.2) is 53.1 Å². The van der Waals surface area contributed by atoms with Crippen LogP contribution in [0.4, 0.5) is 0 Å². The van der Waals surface area contributed by atoms with Gasteiger partial charge in [0.1, 0.15) is 12.3 Å². The summed E-state index contributed by atoms with van der Waals surface area (Å²) >= 11 is 0. The van der Waals surface area contributed by atoms with Crippen molar-refractivity contribution in [3.05, 3.63) is 53.9 Å². The Morgan fingerprint density at radius 2 is 1.92 bits per heavy atom. The van der Waals surface area contributed by atoms with Crippen molar-refractivity contribution >= 4 is 5.91 Å². The Hall–Kier alpha value is -2.18. The standard InChI is InChI=1S/C19H24N4O2/c24-19(20-16-6-7-16)18(15-4-2-1-3-5-15)23-11-9-22(10-12-23)14-17-8-13-25-21-17/h1-5,8,13,16,18H,6-7,9-12,14H2,(H,20,24). The third kappa shape index (κ3) is 4.08. The molecule has 1 aromatic carbocycles. The molecule has 4 rings (SSSR count). The maximum absolute atomic E-state index is 12.8. The molecule has 132 valence electrons. The molecule has 1 aliphatic carbocycles. The van der Waals surface area contributed by atoms with Crippen LogP contribution in [0, 0.1) is 0 Å². The molecule has 1 atom stereocenters. The van der Waals surface area contributed by atoms with Crippen molar-refractivity contribution in [3.8, 4) is 0 Å². The van der Waals surface area contributed by atoms with Crippen molar-refractivity contribution in [3.63, 3.8) is 0 Å². The lowest BCUT2D eigenvalue weighted by molar-refractivity contribution is -0.127. The number of amides is 1. The number of benzene rings is 1. The van der Waals surface area contributed by atoms with E-state index in [0.29, 0.717) is 6.04 Å². The maximum Gasteiger partial charge on any atom is 0.242 e. The highest BCUT2D eigenvalue weighted by atomic mass is 16.5. The van der Waals surface area contributed by atoms with E-state index >= 15 is 0 Å². The molecule has 2 aromatic rings. The molecule has 6 heteroatoms. The largest absolute Gasteiger partial charge is 0.364 e. The van der Waals surface area contributed by atoms with E-state index in [2.05, 4.69) is 32.4 Å². The van der Waals surface area contributed by atoms with Crippen molar-refractivity contribution < 1.29 is 9.32 Å². The Morgan fingerprint density at radius 3 is 2.56 bits per heavy atom. The highest BCUT2D eigenvalue weighted by molar-refractivity contribution is 5.83. The zero-order chi connectivity index (χ0) is 17.1. The zero-order valence-corrected chi connectivity index (χ0v) is 14.3. The topological polar surface area (TPSA) is 61.6 Å². The third-order valence-electron chi connectivity index (χ3n) is 4.94. The van der Waals surface area contributed by atoms with Crippen LogP contribution in [0.3, 0.4) is 0 Å². The van der Waals surface area contributed by atoms with Crippen LogP contribution in [-0.2, 0) is 11.3 Å². The summed E-state index contributed by atoms with van der Waals surface area (Å²) in [7, 11) is 0. The molecule has 25 heavy (non-hydrogen) atoms. The molecule has 2 aliphatic rings.